The van der Waals surface area contributed by atoms with Crippen LogP contribution >= 0.6 is 11.8 Å². The summed E-state index contributed by atoms with van der Waals surface area (Å²) in [6.07, 6.45) is 2.35. The molecule has 0 aromatic heterocycles. The third kappa shape index (κ3) is 5.49. The van der Waals surface area contributed by atoms with Gasteiger partial charge in [-0.1, -0.05) is 25.1 Å². The van der Waals surface area contributed by atoms with E-state index in [1.165, 1.54) is 24.6 Å². The van der Waals surface area contributed by atoms with Crippen LogP contribution in [0.1, 0.15) is 19.8 Å². The van der Waals surface area contributed by atoms with Gasteiger partial charge in [0.15, 0.2) is 5.17 Å². The lowest BCUT2D eigenvalue weighted by Gasteiger charge is -1.95. The standard InChI is InChI=1S/C5H13N3S/c1-2-3-4-9-5(6)8-7/h2-4,7H2,1H3,(H2,6,8). The van der Waals surface area contributed by atoms with Crippen LogP contribution in [0.5, 0.6) is 0 Å². The zero-order valence-electron chi connectivity index (χ0n) is 5.63. The second kappa shape index (κ2) is 5.75. The molecule has 0 bridgehead atoms. The van der Waals surface area contributed by atoms with Crippen LogP contribution < -0.4 is 11.6 Å². The number of rotatable bonds is 3. The minimum Gasteiger partial charge on any atom is -0.377 e. The first-order valence-electron chi connectivity index (χ1n) is 2.97. The van der Waals surface area contributed by atoms with Crippen LogP contribution in [0.25, 0.3) is 0 Å². The Morgan fingerprint density at radius 3 is 2.78 bits per heavy atom. The van der Waals surface area contributed by atoms with E-state index in [4.69, 9.17) is 11.6 Å². The third-order valence-corrected chi connectivity index (χ3v) is 1.77. The van der Waals surface area contributed by atoms with Gasteiger partial charge in [0.05, 0.1) is 0 Å². The summed E-state index contributed by atoms with van der Waals surface area (Å²) in [7, 11) is 0. The van der Waals surface area contributed by atoms with Gasteiger partial charge in [-0.05, 0) is 6.42 Å². The van der Waals surface area contributed by atoms with Crippen LogP contribution in [-0.4, -0.2) is 10.9 Å². The molecule has 0 saturated carbocycles. The van der Waals surface area contributed by atoms with Gasteiger partial charge in [-0.2, -0.15) is 5.10 Å². The van der Waals surface area contributed by atoms with Crippen molar-refractivity contribution in [1.29, 1.82) is 0 Å². The highest BCUT2D eigenvalue weighted by Crippen LogP contribution is 2.02. The van der Waals surface area contributed by atoms with Crippen molar-refractivity contribution < 1.29 is 0 Å². The maximum absolute atomic E-state index is 5.30. The molecule has 3 nitrogen and oxygen atoms in total. The summed E-state index contributed by atoms with van der Waals surface area (Å²) in [5.41, 5.74) is 5.30. The van der Waals surface area contributed by atoms with Crippen LogP contribution in [0.2, 0.25) is 0 Å². The SMILES string of the molecule is CCCCSC(N)=NN. The van der Waals surface area contributed by atoms with Crippen molar-refractivity contribution in [3.05, 3.63) is 0 Å². The molecule has 0 saturated heterocycles. The molecular formula is C5H13N3S. The fraction of sp³-hybridized carbons (Fsp3) is 0.800. The highest BCUT2D eigenvalue weighted by Gasteiger charge is 1.89. The van der Waals surface area contributed by atoms with Crippen molar-refractivity contribution >= 4 is 16.9 Å². The summed E-state index contributed by atoms with van der Waals surface area (Å²) in [6.45, 7) is 2.14. The normalized spacial score (nSPS) is 11.9. The Balaban J connectivity index is 3.07. The number of hydrogen-bond donors (Lipinski definition) is 2. The molecule has 9 heavy (non-hydrogen) atoms. The fourth-order valence-electron chi connectivity index (χ4n) is 0.358. The number of thioether (sulfide) groups is 1. The van der Waals surface area contributed by atoms with Gasteiger partial charge in [-0.3, -0.25) is 0 Å². The predicted molar refractivity (Wildman–Crippen MR) is 43.2 cm³/mol. The van der Waals surface area contributed by atoms with E-state index in [0.29, 0.717) is 5.17 Å². The van der Waals surface area contributed by atoms with Gasteiger partial charge in [0.1, 0.15) is 0 Å². The van der Waals surface area contributed by atoms with Crippen molar-refractivity contribution in [3.8, 4) is 0 Å². The molecule has 0 fully saturated rings. The van der Waals surface area contributed by atoms with Crippen LogP contribution in [0.3, 0.4) is 0 Å². The topological polar surface area (TPSA) is 64.4 Å². The Labute approximate surface area is 59.9 Å². The molecule has 0 aromatic rings. The Bertz CT molecular complexity index is 92.2. The Kier molecular flexibility index (Phi) is 5.51. The molecule has 4 heteroatoms. The lowest BCUT2D eigenvalue weighted by atomic mass is 10.4. The molecule has 0 radical (unpaired) electrons. The fourth-order valence-corrected chi connectivity index (χ4v) is 1.08. The van der Waals surface area contributed by atoms with Gasteiger partial charge in [-0.15, -0.1) is 0 Å². The molecule has 0 aromatic carbocycles. The molecule has 0 rings (SSSR count). The summed E-state index contributed by atoms with van der Waals surface area (Å²) in [5.74, 6) is 5.91. The van der Waals surface area contributed by atoms with E-state index < -0.39 is 0 Å². The summed E-state index contributed by atoms with van der Waals surface area (Å²) in [5, 5.41) is 3.79. The van der Waals surface area contributed by atoms with Crippen molar-refractivity contribution in [2.75, 3.05) is 5.75 Å². The van der Waals surface area contributed by atoms with E-state index in [9.17, 15) is 0 Å². The zero-order valence-corrected chi connectivity index (χ0v) is 6.45. The summed E-state index contributed by atoms with van der Waals surface area (Å²) < 4.78 is 0. The van der Waals surface area contributed by atoms with Gasteiger partial charge in [0.25, 0.3) is 0 Å². The Hall–Kier alpha value is -0.380. The van der Waals surface area contributed by atoms with E-state index >= 15 is 0 Å². The van der Waals surface area contributed by atoms with E-state index in [1.807, 2.05) is 0 Å². The van der Waals surface area contributed by atoms with Crippen LogP contribution in [-0.2, 0) is 0 Å². The predicted octanol–water partition coefficient (Wildman–Crippen LogP) is 0.708. The van der Waals surface area contributed by atoms with E-state index in [0.717, 1.165) is 5.75 Å². The average Bonchev–Trinajstić information content (AvgIpc) is 1.89. The number of hydrogen-bond acceptors (Lipinski definition) is 3. The first kappa shape index (κ1) is 8.62. The molecule has 0 unspecified atom stereocenters. The molecule has 4 N–H and O–H groups in total. The molecule has 0 spiro atoms. The summed E-state index contributed by atoms with van der Waals surface area (Å²) >= 11 is 1.50. The first-order chi connectivity index (χ1) is 4.31. The number of nitrogens with zero attached hydrogens (tertiary/aromatic N) is 1. The highest BCUT2D eigenvalue weighted by molar-refractivity contribution is 8.13. The summed E-state index contributed by atoms with van der Waals surface area (Å²) in [4.78, 5) is 0. The first-order valence-corrected chi connectivity index (χ1v) is 3.96. The molecule has 0 aliphatic carbocycles. The number of hydrazone groups is 1. The highest BCUT2D eigenvalue weighted by atomic mass is 32.2. The van der Waals surface area contributed by atoms with Gasteiger partial charge in [0, 0.05) is 5.75 Å². The van der Waals surface area contributed by atoms with E-state index in [-0.39, 0.29) is 0 Å². The molecule has 0 amide bonds. The lowest BCUT2D eigenvalue weighted by Crippen LogP contribution is -2.09. The molecule has 0 heterocycles. The Morgan fingerprint density at radius 1 is 1.67 bits per heavy atom. The minimum absolute atomic E-state index is 0.475. The minimum atomic E-state index is 0.475. The maximum atomic E-state index is 5.30. The average molecular weight is 147 g/mol. The second-order valence-corrected chi connectivity index (χ2v) is 2.78. The third-order valence-electron chi connectivity index (χ3n) is 0.875. The quantitative estimate of drug-likeness (QED) is 0.203. The number of amidine groups is 1. The van der Waals surface area contributed by atoms with Gasteiger partial charge in [-0.25, -0.2) is 0 Å². The number of nitrogens with two attached hydrogens (primary N) is 2. The Morgan fingerprint density at radius 2 is 2.33 bits per heavy atom. The molecule has 54 valence electrons. The van der Waals surface area contributed by atoms with Crippen molar-refractivity contribution in [2.45, 2.75) is 19.8 Å². The van der Waals surface area contributed by atoms with Gasteiger partial charge in [0.2, 0.25) is 0 Å². The molecular weight excluding hydrogens is 134 g/mol. The molecule has 0 atom stereocenters. The maximum Gasteiger partial charge on any atom is 0.177 e. The van der Waals surface area contributed by atoms with Crippen LogP contribution in [0.4, 0.5) is 0 Å². The largest absolute Gasteiger partial charge is 0.377 e. The monoisotopic (exact) mass is 147 g/mol. The molecule has 0 aliphatic rings. The van der Waals surface area contributed by atoms with Crippen molar-refractivity contribution in [1.82, 2.24) is 0 Å². The van der Waals surface area contributed by atoms with E-state index in [1.54, 1.807) is 0 Å². The van der Waals surface area contributed by atoms with Crippen LogP contribution in [0, 0.1) is 0 Å². The van der Waals surface area contributed by atoms with Gasteiger partial charge < -0.3 is 11.6 Å². The van der Waals surface area contributed by atoms with Crippen molar-refractivity contribution in [3.63, 3.8) is 0 Å². The van der Waals surface area contributed by atoms with Crippen molar-refractivity contribution in [2.24, 2.45) is 16.7 Å². The zero-order chi connectivity index (χ0) is 7.11. The smallest absolute Gasteiger partial charge is 0.177 e. The number of unbranched alkanes of at least 4 members (excludes halogenated alkanes) is 1. The summed E-state index contributed by atoms with van der Waals surface area (Å²) in [6, 6.07) is 0. The van der Waals surface area contributed by atoms with E-state index in [2.05, 4.69) is 12.0 Å². The van der Waals surface area contributed by atoms with Crippen LogP contribution in [0.15, 0.2) is 5.10 Å². The lowest BCUT2D eigenvalue weighted by molar-refractivity contribution is 0.898. The second-order valence-electron chi connectivity index (χ2n) is 1.67. The van der Waals surface area contributed by atoms with Gasteiger partial charge >= 0.3 is 0 Å². The molecule has 0 aliphatic heterocycles.